The number of carbonyl (C=O) groups excluding carboxylic acids is 1. The standard InChI is InChI=1S/C20H19N5O3/c26-20(17-15-4-2-1-3-13(15)6-10-27-17)25-9-5-14(12-25)18-23-24-19(28-18)16-11-21-7-8-22-16/h1-4,7-8,11,14,17H,5-6,9-10,12H2. The van der Waals surface area contributed by atoms with E-state index in [9.17, 15) is 4.79 Å². The molecule has 2 atom stereocenters. The van der Waals surface area contributed by atoms with Gasteiger partial charge in [0.05, 0.1) is 18.7 Å². The van der Waals surface area contributed by atoms with Gasteiger partial charge in [-0.05, 0) is 24.0 Å². The van der Waals surface area contributed by atoms with Crippen LogP contribution in [0.15, 0.2) is 47.3 Å². The third-order valence-corrected chi connectivity index (χ3v) is 5.29. The van der Waals surface area contributed by atoms with E-state index >= 15 is 0 Å². The van der Waals surface area contributed by atoms with Gasteiger partial charge in [-0.15, -0.1) is 10.2 Å². The number of amides is 1. The quantitative estimate of drug-likeness (QED) is 0.690. The Hall–Kier alpha value is -3.13. The number of rotatable bonds is 3. The molecule has 28 heavy (non-hydrogen) atoms. The van der Waals surface area contributed by atoms with Gasteiger partial charge in [-0.2, -0.15) is 0 Å². The number of ether oxygens (including phenoxy) is 1. The van der Waals surface area contributed by atoms with E-state index in [-0.39, 0.29) is 11.8 Å². The molecule has 8 nitrogen and oxygen atoms in total. The summed E-state index contributed by atoms with van der Waals surface area (Å²) in [5, 5.41) is 8.24. The normalized spacial score (nSPS) is 21.5. The van der Waals surface area contributed by atoms with E-state index in [1.54, 1.807) is 18.6 Å². The molecule has 0 bridgehead atoms. The van der Waals surface area contributed by atoms with Crippen LogP contribution in [0.2, 0.25) is 0 Å². The SMILES string of the molecule is O=C(C1OCCc2ccccc21)N1CCC(c2nnc(-c3cnccn3)o2)C1. The summed E-state index contributed by atoms with van der Waals surface area (Å²) in [5.41, 5.74) is 2.71. The maximum atomic E-state index is 13.1. The molecule has 5 rings (SSSR count). The highest BCUT2D eigenvalue weighted by Crippen LogP contribution is 2.33. The van der Waals surface area contributed by atoms with Crippen molar-refractivity contribution in [3.8, 4) is 11.6 Å². The van der Waals surface area contributed by atoms with Crippen molar-refractivity contribution in [2.45, 2.75) is 24.9 Å². The highest BCUT2D eigenvalue weighted by molar-refractivity contribution is 5.83. The largest absolute Gasteiger partial charge is 0.419 e. The van der Waals surface area contributed by atoms with Crippen molar-refractivity contribution in [3.05, 3.63) is 59.9 Å². The number of likely N-dealkylation sites (tertiary alicyclic amines) is 1. The predicted octanol–water partition coefficient (Wildman–Crippen LogP) is 2.16. The molecule has 0 saturated carbocycles. The molecule has 0 radical (unpaired) electrons. The van der Waals surface area contributed by atoms with Crippen molar-refractivity contribution >= 4 is 5.91 Å². The second-order valence-electron chi connectivity index (χ2n) is 7.01. The first-order valence-corrected chi connectivity index (χ1v) is 9.37. The van der Waals surface area contributed by atoms with Gasteiger partial charge < -0.3 is 14.1 Å². The number of benzene rings is 1. The minimum atomic E-state index is -0.526. The first-order chi connectivity index (χ1) is 13.8. The van der Waals surface area contributed by atoms with Gasteiger partial charge in [0.2, 0.25) is 5.89 Å². The Kier molecular flexibility index (Phi) is 4.32. The molecule has 2 aromatic heterocycles. The summed E-state index contributed by atoms with van der Waals surface area (Å²) in [4.78, 5) is 23.1. The molecular weight excluding hydrogens is 358 g/mol. The number of fused-ring (bicyclic) bond motifs is 1. The van der Waals surface area contributed by atoms with Gasteiger partial charge in [0.1, 0.15) is 5.69 Å². The number of carbonyl (C=O) groups is 1. The zero-order valence-corrected chi connectivity index (χ0v) is 15.2. The fourth-order valence-corrected chi connectivity index (χ4v) is 3.84. The first kappa shape index (κ1) is 17.0. The average molecular weight is 377 g/mol. The van der Waals surface area contributed by atoms with Crippen LogP contribution in [-0.4, -0.2) is 50.7 Å². The molecule has 2 aliphatic heterocycles. The lowest BCUT2D eigenvalue weighted by molar-refractivity contribution is -0.144. The minimum absolute atomic E-state index is 0.00307. The fourth-order valence-electron chi connectivity index (χ4n) is 3.84. The summed E-state index contributed by atoms with van der Waals surface area (Å²) in [6, 6.07) is 8.00. The maximum Gasteiger partial charge on any atom is 0.267 e. The van der Waals surface area contributed by atoms with Crippen LogP contribution in [0.1, 0.15) is 35.5 Å². The Morgan fingerprint density at radius 1 is 1.18 bits per heavy atom. The summed E-state index contributed by atoms with van der Waals surface area (Å²) >= 11 is 0. The van der Waals surface area contributed by atoms with Crippen molar-refractivity contribution < 1.29 is 13.9 Å². The number of hydrogen-bond donors (Lipinski definition) is 0. The topological polar surface area (TPSA) is 94.2 Å². The summed E-state index contributed by atoms with van der Waals surface area (Å²) in [7, 11) is 0. The van der Waals surface area contributed by atoms with E-state index < -0.39 is 6.10 Å². The van der Waals surface area contributed by atoms with Crippen molar-refractivity contribution in [2.75, 3.05) is 19.7 Å². The summed E-state index contributed by atoms with van der Waals surface area (Å²) < 4.78 is 11.6. The highest BCUT2D eigenvalue weighted by atomic mass is 16.5. The second-order valence-corrected chi connectivity index (χ2v) is 7.01. The Labute approximate surface area is 161 Å². The molecule has 1 amide bonds. The van der Waals surface area contributed by atoms with Crippen molar-refractivity contribution in [2.24, 2.45) is 0 Å². The lowest BCUT2D eigenvalue weighted by Crippen LogP contribution is -2.36. The number of nitrogens with zero attached hydrogens (tertiary/aromatic N) is 5. The van der Waals surface area contributed by atoms with Gasteiger partial charge in [-0.1, -0.05) is 24.3 Å². The molecule has 0 spiro atoms. The van der Waals surface area contributed by atoms with Crippen LogP contribution < -0.4 is 0 Å². The molecule has 8 heteroatoms. The molecule has 0 aliphatic carbocycles. The third-order valence-electron chi connectivity index (χ3n) is 5.29. The van der Waals surface area contributed by atoms with Crippen LogP contribution in [0.3, 0.4) is 0 Å². The van der Waals surface area contributed by atoms with E-state index in [0.29, 0.717) is 37.2 Å². The van der Waals surface area contributed by atoms with Crippen molar-refractivity contribution in [1.82, 2.24) is 25.1 Å². The van der Waals surface area contributed by atoms with Gasteiger partial charge in [0, 0.05) is 25.5 Å². The highest BCUT2D eigenvalue weighted by Gasteiger charge is 2.36. The van der Waals surface area contributed by atoms with E-state index in [1.807, 2.05) is 23.1 Å². The maximum absolute atomic E-state index is 13.1. The van der Waals surface area contributed by atoms with Gasteiger partial charge in [-0.3, -0.25) is 9.78 Å². The summed E-state index contributed by atoms with van der Waals surface area (Å²) in [6.45, 7) is 1.76. The van der Waals surface area contributed by atoms with Crippen molar-refractivity contribution in [1.29, 1.82) is 0 Å². The molecule has 142 valence electrons. The van der Waals surface area contributed by atoms with Gasteiger partial charge in [0.25, 0.3) is 11.8 Å². The fraction of sp³-hybridized carbons (Fsp3) is 0.350. The van der Waals surface area contributed by atoms with Crippen LogP contribution >= 0.6 is 0 Å². The third kappa shape index (κ3) is 3.05. The monoisotopic (exact) mass is 377 g/mol. The number of aromatic nitrogens is 4. The first-order valence-electron chi connectivity index (χ1n) is 9.37. The van der Waals surface area contributed by atoms with Crippen LogP contribution in [0.25, 0.3) is 11.6 Å². The van der Waals surface area contributed by atoms with Gasteiger partial charge in [-0.25, -0.2) is 4.98 Å². The van der Waals surface area contributed by atoms with Crippen LogP contribution in [0.4, 0.5) is 0 Å². The van der Waals surface area contributed by atoms with E-state index in [4.69, 9.17) is 9.15 Å². The average Bonchev–Trinajstić information content (AvgIpc) is 3.43. The molecular formula is C20H19N5O3. The Morgan fingerprint density at radius 3 is 3.00 bits per heavy atom. The van der Waals surface area contributed by atoms with E-state index in [2.05, 4.69) is 26.2 Å². The predicted molar refractivity (Wildman–Crippen MR) is 98.1 cm³/mol. The summed E-state index contributed by atoms with van der Waals surface area (Å²) in [5.74, 6) is 0.891. The van der Waals surface area contributed by atoms with Crippen molar-refractivity contribution in [3.63, 3.8) is 0 Å². The molecule has 1 fully saturated rings. The van der Waals surface area contributed by atoms with Gasteiger partial charge in [0.15, 0.2) is 6.10 Å². The van der Waals surface area contributed by atoms with Crippen LogP contribution in [0.5, 0.6) is 0 Å². The Morgan fingerprint density at radius 2 is 2.11 bits per heavy atom. The van der Waals surface area contributed by atoms with E-state index in [1.165, 1.54) is 5.56 Å². The van der Waals surface area contributed by atoms with Crippen LogP contribution in [0, 0.1) is 0 Å². The Balaban J connectivity index is 1.30. The van der Waals surface area contributed by atoms with E-state index in [0.717, 1.165) is 18.4 Å². The smallest absolute Gasteiger partial charge is 0.267 e. The minimum Gasteiger partial charge on any atom is -0.419 e. The molecule has 2 aliphatic rings. The zero-order chi connectivity index (χ0) is 18.9. The lowest BCUT2D eigenvalue weighted by Gasteiger charge is -2.28. The molecule has 3 aromatic rings. The Bertz CT molecular complexity index is 990. The van der Waals surface area contributed by atoms with Crippen LogP contribution in [-0.2, 0) is 16.0 Å². The summed E-state index contributed by atoms with van der Waals surface area (Å²) in [6.07, 6.45) is 5.85. The second kappa shape index (κ2) is 7.12. The van der Waals surface area contributed by atoms with Gasteiger partial charge >= 0.3 is 0 Å². The molecule has 4 heterocycles. The number of hydrogen-bond acceptors (Lipinski definition) is 7. The lowest BCUT2D eigenvalue weighted by atomic mass is 9.97. The molecule has 1 aromatic carbocycles. The zero-order valence-electron chi connectivity index (χ0n) is 15.2. The molecule has 0 N–H and O–H groups in total. The molecule has 2 unspecified atom stereocenters. The molecule has 1 saturated heterocycles.